The maximum Gasteiger partial charge on any atom is 0.271 e. The zero-order chi connectivity index (χ0) is 20.9. The molecule has 0 bridgehead atoms. The van der Waals surface area contributed by atoms with Crippen LogP contribution in [0.5, 0.6) is 11.5 Å². The number of carbonyl (C=O) groups excluding carboxylic acids is 1. The van der Waals surface area contributed by atoms with E-state index in [0.29, 0.717) is 30.2 Å². The highest BCUT2D eigenvalue weighted by molar-refractivity contribution is 7.89. The number of ether oxygens (including phenoxy) is 2. The number of carbonyl (C=O) groups is 1. The Bertz CT molecular complexity index is 1010. The Balaban J connectivity index is 1.71. The van der Waals surface area contributed by atoms with Gasteiger partial charge < -0.3 is 9.47 Å². The molecule has 29 heavy (non-hydrogen) atoms. The number of hydrogen-bond donors (Lipinski definition) is 1. The number of methoxy groups -OCH3 is 2. The third-order valence-electron chi connectivity index (χ3n) is 4.59. The number of amides is 1. The summed E-state index contributed by atoms with van der Waals surface area (Å²) in [5.74, 6) is 0.632. The minimum atomic E-state index is -3.58. The molecular formula is C20H23N3O5S. The maximum absolute atomic E-state index is 12.7. The molecule has 2 aromatic carbocycles. The van der Waals surface area contributed by atoms with Crippen molar-refractivity contribution in [3.05, 3.63) is 53.6 Å². The van der Waals surface area contributed by atoms with Gasteiger partial charge in [0.2, 0.25) is 10.0 Å². The molecule has 8 nitrogen and oxygen atoms in total. The van der Waals surface area contributed by atoms with E-state index >= 15 is 0 Å². The van der Waals surface area contributed by atoms with Crippen molar-refractivity contribution in [2.75, 3.05) is 27.3 Å². The van der Waals surface area contributed by atoms with Crippen molar-refractivity contribution in [1.82, 2.24) is 9.73 Å². The molecule has 2 aromatic rings. The molecule has 1 amide bonds. The van der Waals surface area contributed by atoms with Gasteiger partial charge in [-0.15, -0.1) is 0 Å². The second kappa shape index (κ2) is 9.06. The first-order valence-electron chi connectivity index (χ1n) is 9.11. The average molecular weight is 417 g/mol. The highest BCUT2D eigenvalue weighted by atomic mass is 32.2. The number of nitrogens with zero attached hydrogens (tertiary/aromatic N) is 2. The van der Waals surface area contributed by atoms with Gasteiger partial charge in [-0.2, -0.15) is 9.41 Å². The molecule has 3 rings (SSSR count). The van der Waals surface area contributed by atoms with Crippen molar-refractivity contribution >= 4 is 22.1 Å². The minimum Gasteiger partial charge on any atom is -0.493 e. The summed E-state index contributed by atoms with van der Waals surface area (Å²) < 4.78 is 37.2. The summed E-state index contributed by atoms with van der Waals surface area (Å²) in [4.78, 5) is 12.5. The molecular weight excluding hydrogens is 394 g/mol. The molecule has 154 valence electrons. The Morgan fingerprint density at radius 2 is 1.79 bits per heavy atom. The van der Waals surface area contributed by atoms with Crippen molar-refractivity contribution in [3.8, 4) is 11.5 Å². The molecule has 1 aliphatic rings. The zero-order valence-corrected chi connectivity index (χ0v) is 17.1. The molecule has 0 spiro atoms. The van der Waals surface area contributed by atoms with Crippen molar-refractivity contribution in [1.29, 1.82) is 0 Å². The van der Waals surface area contributed by atoms with Gasteiger partial charge in [-0.3, -0.25) is 4.79 Å². The molecule has 0 saturated carbocycles. The molecule has 1 fully saturated rings. The van der Waals surface area contributed by atoms with Gasteiger partial charge >= 0.3 is 0 Å². The van der Waals surface area contributed by atoms with Crippen LogP contribution >= 0.6 is 0 Å². The molecule has 1 N–H and O–H groups in total. The van der Waals surface area contributed by atoms with Crippen molar-refractivity contribution in [3.63, 3.8) is 0 Å². The summed E-state index contributed by atoms with van der Waals surface area (Å²) in [6.45, 7) is 1.02. The van der Waals surface area contributed by atoms with E-state index in [0.717, 1.165) is 12.8 Å². The molecule has 0 atom stereocenters. The Morgan fingerprint density at radius 1 is 1.07 bits per heavy atom. The largest absolute Gasteiger partial charge is 0.493 e. The van der Waals surface area contributed by atoms with E-state index < -0.39 is 15.9 Å². The van der Waals surface area contributed by atoms with Gasteiger partial charge in [0.1, 0.15) is 0 Å². The Kier molecular flexibility index (Phi) is 6.50. The van der Waals surface area contributed by atoms with E-state index in [4.69, 9.17) is 9.47 Å². The summed E-state index contributed by atoms with van der Waals surface area (Å²) in [5, 5.41) is 3.94. The Hall–Kier alpha value is -2.91. The van der Waals surface area contributed by atoms with Crippen molar-refractivity contribution < 1.29 is 22.7 Å². The maximum atomic E-state index is 12.7. The first kappa shape index (κ1) is 20.8. The van der Waals surface area contributed by atoms with E-state index in [1.165, 1.54) is 29.8 Å². The lowest BCUT2D eigenvalue weighted by Gasteiger charge is -2.15. The summed E-state index contributed by atoms with van der Waals surface area (Å²) in [7, 11) is -0.506. The van der Waals surface area contributed by atoms with Crippen LogP contribution in [0.2, 0.25) is 0 Å². The van der Waals surface area contributed by atoms with Gasteiger partial charge in [-0.25, -0.2) is 13.8 Å². The van der Waals surface area contributed by atoms with Crippen LogP contribution in [0.4, 0.5) is 0 Å². The van der Waals surface area contributed by atoms with Gasteiger partial charge in [0.15, 0.2) is 11.5 Å². The quantitative estimate of drug-likeness (QED) is 0.551. The van der Waals surface area contributed by atoms with Crippen molar-refractivity contribution in [2.45, 2.75) is 17.7 Å². The lowest BCUT2D eigenvalue weighted by Crippen LogP contribution is -2.28. The second-order valence-electron chi connectivity index (χ2n) is 6.45. The lowest BCUT2D eigenvalue weighted by molar-refractivity contribution is 0.0955. The predicted molar refractivity (Wildman–Crippen MR) is 109 cm³/mol. The SMILES string of the molecule is COc1ccc(/C=N/NC(=O)c2cccc(S(=O)(=O)N3CCCC3)c2)cc1OC. The number of rotatable bonds is 7. The molecule has 0 aromatic heterocycles. The highest BCUT2D eigenvalue weighted by Crippen LogP contribution is 2.27. The Labute approximate surface area is 170 Å². The molecule has 1 saturated heterocycles. The molecule has 1 aliphatic heterocycles. The summed E-state index contributed by atoms with van der Waals surface area (Å²) >= 11 is 0. The van der Waals surface area contributed by atoms with Gasteiger partial charge in [0.25, 0.3) is 5.91 Å². The van der Waals surface area contributed by atoms with Crippen LogP contribution in [-0.4, -0.2) is 52.2 Å². The molecule has 1 heterocycles. The predicted octanol–water partition coefficient (Wildman–Crippen LogP) is 2.25. The van der Waals surface area contributed by atoms with Gasteiger partial charge in [-0.05, 0) is 54.8 Å². The number of hydrogen-bond acceptors (Lipinski definition) is 6. The smallest absolute Gasteiger partial charge is 0.271 e. The van der Waals surface area contributed by atoms with Crippen LogP contribution in [0, 0.1) is 0 Å². The summed E-state index contributed by atoms with van der Waals surface area (Å²) in [6, 6.07) is 11.2. The number of sulfonamides is 1. The lowest BCUT2D eigenvalue weighted by atomic mass is 10.2. The summed E-state index contributed by atoms with van der Waals surface area (Å²) in [5.41, 5.74) is 3.33. The van der Waals surface area contributed by atoms with Crippen LogP contribution in [0.1, 0.15) is 28.8 Å². The number of hydrazone groups is 1. The Morgan fingerprint density at radius 3 is 2.48 bits per heavy atom. The van der Waals surface area contributed by atoms with Crippen LogP contribution < -0.4 is 14.9 Å². The number of nitrogens with one attached hydrogen (secondary N) is 1. The fraction of sp³-hybridized carbons (Fsp3) is 0.300. The van der Waals surface area contributed by atoms with Crippen LogP contribution in [0.25, 0.3) is 0 Å². The normalized spacial score (nSPS) is 14.8. The van der Waals surface area contributed by atoms with Crippen molar-refractivity contribution in [2.24, 2.45) is 5.10 Å². The van der Waals surface area contributed by atoms with Crippen LogP contribution in [0.15, 0.2) is 52.5 Å². The van der Waals surface area contributed by atoms with Gasteiger partial charge in [0.05, 0.1) is 25.3 Å². The summed E-state index contributed by atoms with van der Waals surface area (Å²) in [6.07, 6.45) is 3.17. The first-order valence-corrected chi connectivity index (χ1v) is 10.6. The number of benzene rings is 2. The van der Waals surface area contributed by atoms with E-state index in [9.17, 15) is 13.2 Å². The van der Waals surface area contributed by atoms with E-state index in [-0.39, 0.29) is 10.5 Å². The second-order valence-corrected chi connectivity index (χ2v) is 8.39. The van der Waals surface area contributed by atoms with E-state index in [2.05, 4.69) is 10.5 Å². The van der Waals surface area contributed by atoms with Crippen LogP contribution in [0.3, 0.4) is 0 Å². The third kappa shape index (κ3) is 4.75. The fourth-order valence-electron chi connectivity index (χ4n) is 3.04. The zero-order valence-electron chi connectivity index (χ0n) is 16.3. The standard InChI is InChI=1S/C20H23N3O5S/c1-27-18-9-8-15(12-19(18)28-2)14-21-22-20(24)16-6-5-7-17(13-16)29(25,26)23-10-3-4-11-23/h5-9,12-14H,3-4,10-11H2,1-2H3,(H,22,24)/b21-14+. The molecule has 0 aliphatic carbocycles. The first-order chi connectivity index (χ1) is 14.0. The van der Waals surface area contributed by atoms with E-state index in [1.54, 1.807) is 37.4 Å². The molecule has 9 heteroatoms. The van der Waals surface area contributed by atoms with Gasteiger partial charge in [0, 0.05) is 18.7 Å². The molecule has 0 radical (unpaired) electrons. The monoisotopic (exact) mass is 417 g/mol. The van der Waals surface area contributed by atoms with Gasteiger partial charge in [-0.1, -0.05) is 6.07 Å². The average Bonchev–Trinajstić information content (AvgIpc) is 3.29. The topological polar surface area (TPSA) is 97.3 Å². The highest BCUT2D eigenvalue weighted by Gasteiger charge is 2.27. The van der Waals surface area contributed by atoms with E-state index in [1.807, 2.05) is 0 Å². The minimum absolute atomic E-state index is 0.107. The van der Waals surface area contributed by atoms with Crippen LogP contribution in [-0.2, 0) is 10.0 Å². The fourth-order valence-corrected chi connectivity index (χ4v) is 4.60. The third-order valence-corrected chi connectivity index (χ3v) is 6.48. The molecule has 0 unspecified atom stereocenters.